The summed E-state index contributed by atoms with van der Waals surface area (Å²) in [6, 6.07) is 10.1. The quantitative estimate of drug-likeness (QED) is 0.0246. The van der Waals surface area contributed by atoms with Gasteiger partial charge in [-0.05, 0) is 52.9 Å². The van der Waals surface area contributed by atoms with Gasteiger partial charge in [0.15, 0.2) is 29.5 Å². The van der Waals surface area contributed by atoms with E-state index in [9.17, 15) is 27.6 Å². The monoisotopic (exact) mass is 965 g/mol. The minimum atomic E-state index is -5.10. The number of amides is 1. The molecule has 1 fully saturated rings. The molecule has 0 aromatic heterocycles. The van der Waals surface area contributed by atoms with Crippen molar-refractivity contribution in [3.8, 4) is 23.0 Å². The zero-order valence-electron chi connectivity index (χ0n) is 37.1. The lowest BCUT2D eigenvalue weighted by molar-refractivity contribution is -0.266. The van der Waals surface area contributed by atoms with Crippen LogP contribution >= 0.6 is 11.6 Å². The molecule has 2 heterocycles. The number of esters is 3. The highest BCUT2D eigenvalue weighted by Crippen LogP contribution is 2.45. The summed E-state index contributed by atoms with van der Waals surface area (Å²) in [5.41, 5.74) is 9.66. The van der Waals surface area contributed by atoms with Crippen molar-refractivity contribution in [2.24, 2.45) is 11.0 Å². The average molecular weight is 966 g/mol. The van der Waals surface area contributed by atoms with Crippen LogP contribution in [-0.4, -0.2) is 148 Å². The van der Waals surface area contributed by atoms with Crippen molar-refractivity contribution in [1.82, 2.24) is 4.90 Å². The lowest BCUT2D eigenvalue weighted by atomic mass is 9.90. The molecule has 1 saturated heterocycles. The van der Waals surface area contributed by atoms with Crippen LogP contribution in [0, 0.1) is 5.92 Å². The predicted octanol–water partition coefficient (Wildman–Crippen LogP) is 4.51. The van der Waals surface area contributed by atoms with E-state index in [1.165, 1.54) is 44.2 Å². The molecule has 1 N–H and O–H groups in total. The molecule has 3 aromatic rings. The Bertz CT molecular complexity index is 2370. The number of methoxy groups -OCH3 is 2. The van der Waals surface area contributed by atoms with Gasteiger partial charge in [0.1, 0.15) is 5.75 Å². The second kappa shape index (κ2) is 24.1. The molecule has 0 radical (unpaired) electrons. The summed E-state index contributed by atoms with van der Waals surface area (Å²) in [7, 11) is -0.994. The van der Waals surface area contributed by atoms with E-state index in [-0.39, 0.29) is 68.4 Å². The highest BCUT2D eigenvalue weighted by atomic mass is 35.5. The Morgan fingerprint density at radius 3 is 2.20 bits per heavy atom. The molecule has 3 aromatic carbocycles. The normalized spacial score (nSPS) is 19.9. The van der Waals surface area contributed by atoms with Crippen LogP contribution in [0.5, 0.6) is 23.0 Å². The van der Waals surface area contributed by atoms with E-state index < -0.39 is 70.5 Å². The summed E-state index contributed by atoms with van der Waals surface area (Å²) < 4.78 is 89.1. The zero-order chi connectivity index (χ0) is 48.0. The van der Waals surface area contributed by atoms with Crippen LogP contribution in [0.3, 0.4) is 0 Å². The third-order valence-corrected chi connectivity index (χ3v) is 11.4. The molecule has 22 nitrogen and oxygen atoms in total. The average Bonchev–Trinajstić information content (AvgIpc) is 3.71. The van der Waals surface area contributed by atoms with Gasteiger partial charge in [0.05, 0.1) is 53.9 Å². The van der Waals surface area contributed by atoms with Gasteiger partial charge in [-0.15, -0.1) is 20.0 Å². The number of nitrogens with one attached hydrogen (secondary N) is 1. The van der Waals surface area contributed by atoms with Crippen molar-refractivity contribution in [2.45, 2.75) is 51.3 Å². The van der Waals surface area contributed by atoms with Gasteiger partial charge in [0, 0.05) is 85.9 Å². The first kappa shape index (κ1) is 51.2. The Morgan fingerprint density at radius 2 is 1.55 bits per heavy atom. The van der Waals surface area contributed by atoms with Crippen LogP contribution in [0.2, 0.25) is 0 Å². The molecule has 24 heteroatoms. The standard InChI is InChI=1S/C42H52ClN5O17S/c1-24-37(60-25(2)49)39(61-26(3)50)42(63-38(24)41(52)56-6)62-33-10-7-27(40(51)48(4)12-14-58-16-18-59-17-15-57-13-11-46-47-44)19-35(33)65-66(53,54)64-34-21-32-36(28(22-43)23-45-32)31-20-29(55-5)8-9-30(31)34/h7-10,19-21,24,28,37-39,42,45H,11-18,22-23H2,1-6H3/t24-,28+,37-,38-,39+,42+/m0/s1. The molecule has 2 aliphatic rings. The highest BCUT2D eigenvalue weighted by Gasteiger charge is 2.52. The van der Waals surface area contributed by atoms with E-state index in [2.05, 4.69) is 15.3 Å². The van der Waals surface area contributed by atoms with Gasteiger partial charge in [-0.25, -0.2) is 4.79 Å². The summed E-state index contributed by atoms with van der Waals surface area (Å²) in [5.74, 6) is -4.40. The van der Waals surface area contributed by atoms with Crippen LogP contribution < -0.4 is 23.2 Å². The van der Waals surface area contributed by atoms with Gasteiger partial charge in [0.25, 0.3) is 5.91 Å². The second-order valence-electron chi connectivity index (χ2n) is 14.8. The van der Waals surface area contributed by atoms with Crippen LogP contribution in [-0.2, 0) is 57.9 Å². The van der Waals surface area contributed by atoms with Crippen molar-refractivity contribution in [3.63, 3.8) is 0 Å². The topological polar surface area (TPSA) is 268 Å². The zero-order valence-corrected chi connectivity index (χ0v) is 38.7. The lowest BCUT2D eigenvalue weighted by Gasteiger charge is -2.42. The summed E-state index contributed by atoms with van der Waals surface area (Å²) in [4.78, 5) is 55.3. The largest absolute Gasteiger partial charge is 0.501 e. The molecule has 1 amide bonds. The fraction of sp³-hybridized carbons (Fsp3) is 0.524. The summed E-state index contributed by atoms with van der Waals surface area (Å²) in [5, 5.41) is 7.62. The van der Waals surface area contributed by atoms with Crippen LogP contribution in [0.1, 0.15) is 42.6 Å². The first-order valence-electron chi connectivity index (χ1n) is 20.6. The van der Waals surface area contributed by atoms with E-state index in [1.54, 1.807) is 18.2 Å². The number of rotatable bonds is 24. The maximum Gasteiger partial charge on any atom is 0.501 e. The fourth-order valence-electron chi connectivity index (χ4n) is 7.16. The molecule has 2 aliphatic heterocycles. The number of carbonyl (C=O) groups excluding carboxylic acids is 4. The Balaban J connectivity index is 1.43. The highest BCUT2D eigenvalue weighted by molar-refractivity contribution is 7.82. The summed E-state index contributed by atoms with van der Waals surface area (Å²) in [6.45, 7) is 5.97. The third kappa shape index (κ3) is 13.4. The predicted molar refractivity (Wildman–Crippen MR) is 234 cm³/mol. The van der Waals surface area contributed by atoms with Crippen molar-refractivity contribution in [3.05, 3.63) is 64.0 Å². The number of halogens is 1. The fourth-order valence-corrected chi connectivity index (χ4v) is 8.16. The number of likely N-dealkylation sites (N-methyl/N-ethyl adjacent to an activating group) is 1. The van der Waals surface area contributed by atoms with E-state index in [0.717, 1.165) is 32.6 Å². The molecular weight excluding hydrogens is 914 g/mol. The minimum Gasteiger partial charge on any atom is -0.497 e. The third-order valence-electron chi connectivity index (χ3n) is 10.3. The molecule has 0 unspecified atom stereocenters. The Kier molecular flexibility index (Phi) is 18.7. The lowest BCUT2D eigenvalue weighted by Crippen LogP contribution is -2.60. The van der Waals surface area contributed by atoms with Crippen molar-refractivity contribution >= 4 is 62.3 Å². The van der Waals surface area contributed by atoms with Gasteiger partial charge in [-0.1, -0.05) is 12.0 Å². The van der Waals surface area contributed by atoms with E-state index in [1.807, 2.05) is 0 Å². The number of alkyl halides is 1. The maximum atomic E-state index is 14.0. The molecular formula is C42H52ClN5O17S. The number of hydrogen-bond acceptors (Lipinski definition) is 19. The number of benzene rings is 3. The summed E-state index contributed by atoms with van der Waals surface area (Å²) in [6.07, 6.45) is -6.00. The van der Waals surface area contributed by atoms with Crippen LogP contribution in [0.4, 0.5) is 5.69 Å². The van der Waals surface area contributed by atoms with Crippen molar-refractivity contribution in [2.75, 3.05) is 91.7 Å². The van der Waals surface area contributed by atoms with Crippen molar-refractivity contribution in [1.29, 1.82) is 0 Å². The molecule has 0 spiro atoms. The molecule has 0 aliphatic carbocycles. The maximum absolute atomic E-state index is 14.0. The minimum absolute atomic E-state index is 0.0646. The molecule has 5 rings (SSSR count). The number of anilines is 1. The van der Waals surface area contributed by atoms with Gasteiger partial charge in [0.2, 0.25) is 12.4 Å². The second-order valence-corrected chi connectivity index (χ2v) is 16.3. The molecule has 6 atom stereocenters. The number of ether oxygens (including phenoxy) is 9. The van der Waals surface area contributed by atoms with Gasteiger partial charge in [-0.3, -0.25) is 14.4 Å². The number of azide groups is 1. The van der Waals surface area contributed by atoms with E-state index >= 15 is 0 Å². The molecule has 0 saturated carbocycles. The SMILES string of the molecule is COC(=O)[C@H]1O[C@@H](Oc2ccc(C(=O)N(C)CCOCCOCCOCCN=[N+]=[N-])cc2OS(=O)(=O)Oc2cc3c(c4cc(OC)ccc24)[C@H](CCl)CN3)[C@H](OC(C)=O)[C@@H](OC(C)=O)[C@@H]1C. The molecule has 360 valence electrons. The first-order chi connectivity index (χ1) is 31.6. The number of hydrogen-bond donors (Lipinski definition) is 1. The van der Waals surface area contributed by atoms with Crippen LogP contribution in [0.25, 0.3) is 21.2 Å². The Hall–Kier alpha value is -5.81. The molecule has 0 bridgehead atoms. The van der Waals surface area contributed by atoms with Crippen LogP contribution in [0.15, 0.2) is 47.6 Å². The number of carbonyl (C=O) groups is 4. The molecule has 66 heavy (non-hydrogen) atoms. The number of fused-ring (bicyclic) bond motifs is 3. The van der Waals surface area contributed by atoms with Gasteiger partial charge in [-0.2, -0.15) is 0 Å². The van der Waals surface area contributed by atoms with E-state index in [0.29, 0.717) is 42.0 Å². The smallest absolute Gasteiger partial charge is 0.497 e. The van der Waals surface area contributed by atoms with Crippen molar-refractivity contribution < 1.29 is 78.6 Å². The Morgan fingerprint density at radius 1 is 0.879 bits per heavy atom. The van der Waals surface area contributed by atoms with E-state index in [4.69, 9.17) is 68.1 Å². The van der Waals surface area contributed by atoms with Gasteiger partial charge >= 0.3 is 28.3 Å². The Labute approximate surface area is 385 Å². The summed E-state index contributed by atoms with van der Waals surface area (Å²) >= 11 is 6.30. The first-order valence-corrected chi connectivity index (χ1v) is 22.4. The van der Waals surface area contributed by atoms with Gasteiger partial charge < -0.3 is 61.2 Å². The number of nitrogens with zero attached hydrogens (tertiary/aromatic N) is 4.